The first-order valence-electron chi connectivity index (χ1n) is 9.09. The minimum absolute atomic E-state index is 0.0401. The molecule has 4 N–H and O–H groups in total. The highest BCUT2D eigenvalue weighted by molar-refractivity contribution is 8.01. The number of fused-ring (bicyclic) bond motifs is 1. The summed E-state index contributed by atoms with van der Waals surface area (Å²) in [7, 11) is 1.71. The number of rotatable bonds is 8. The summed E-state index contributed by atoms with van der Waals surface area (Å²) in [5.74, 6) is -0.533. The quantitative estimate of drug-likeness (QED) is 0.264. The number of nitrogen functional groups attached to an aromatic ring is 1. The van der Waals surface area contributed by atoms with Crippen LogP contribution in [0.4, 0.5) is 5.13 Å². The van der Waals surface area contributed by atoms with Gasteiger partial charge in [0.1, 0.15) is 17.1 Å². The summed E-state index contributed by atoms with van der Waals surface area (Å²) in [6, 6.07) is -0.538. The van der Waals surface area contributed by atoms with Crippen LogP contribution in [0.2, 0.25) is 0 Å². The molecule has 1 fully saturated rings. The zero-order valence-corrected chi connectivity index (χ0v) is 19.5. The Bertz CT molecular complexity index is 1070. The molecule has 1 saturated heterocycles. The predicted octanol–water partition coefficient (Wildman–Crippen LogP) is 0.513. The number of hydrogen-bond donors (Lipinski definition) is 3. The van der Waals surface area contributed by atoms with E-state index in [1.165, 1.54) is 44.4 Å². The van der Waals surface area contributed by atoms with Crippen LogP contribution in [0.15, 0.2) is 21.8 Å². The lowest BCUT2D eigenvalue weighted by Crippen LogP contribution is -2.70. The van der Waals surface area contributed by atoms with Crippen molar-refractivity contribution < 1.29 is 14.7 Å². The Morgan fingerprint density at radius 2 is 2.32 bits per heavy atom. The monoisotopic (exact) mass is 498 g/mol. The van der Waals surface area contributed by atoms with E-state index in [1.807, 2.05) is 5.38 Å². The Morgan fingerprint density at radius 1 is 1.52 bits per heavy atom. The minimum Gasteiger partial charge on any atom is -0.477 e. The van der Waals surface area contributed by atoms with Gasteiger partial charge in [0.2, 0.25) is 5.16 Å². The second-order valence-electron chi connectivity index (χ2n) is 6.76. The summed E-state index contributed by atoms with van der Waals surface area (Å²) in [5, 5.41) is 26.7. The standard InChI is InChI=1S/C16H18N8O3S4/c1-23-16(20-21-22-23)31-5-7-4-29-13-10(12(25)24(13)11(7)14(26)27)19-9(28)3-2-8-6-30-15(17)18-8/h6,10,13H,2-5H2,1H3,(H2,17,18)(H,19,28)(H,26,27)/t10?,13-/m1/s1. The molecule has 2 atom stereocenters. The lowest BCUT2D eigenvalue weighted by Gasteiger charge is -2.49. The largest absolute Gasteiger partial charge is 0.477 e. The normalized spacial score (nSPS) is 20.4. The van der Waals surface area contributed by atoms with Gasteiger partial charge in [-0.15, -0.1) is 28.2 Å². The van der Waals surface area contributed by atoms with Crippen LogP contribution in [-0.4, -0.2) is 75.0 Å². The van der Waals surface area contributed by atoms with E-state index in [0.717, 1.165) is 5.69 Å². The third kappa shape index (κ3) is 4.53. The molecule has 4 rings (SSSR count). The highest BCUT2D eigenvalue weighted by Gasteiger charge is 2.53. The third-order valence-corrected chi connectivity index (χ3v) is 8.18. The molecular formula is C16H18N8O3S4. The van der Waals surface area contributed by atoms with E-state index in [0.29, 0.717) is 45.2 Å². The number of nitrogens with one attached hydrogen (secondary N) is 1. The second-order valence-corrected chi connectivity index (χ2v) is 10.2. The van der Waals surface area contributed by atoms with E-state index in [2.05, 4.69) is 25.8 Å². The van der Waals surface area contributed by atoms with E-state index in [-0.39, 0.29) is 17.0 Å². The average Bonchev–Trinajstić information content (AvgIpc) is 3.35. The van der Waals surface area contributed by atoms with Crippen LogP contribution in [0.3, 0.4) is 0 Å². The van der Waals surface area contributed by atoms with Crippen molar-refractivity contribution in [3.8, 4) is 0 Å². The van der Waals surface area contributed by atoms with E-state index in [1.54, 1.807) is 7.05 Å². The molecule has 1 amide bonds. The number of nitrogens with two attached hydrogens (primary N) is 1. The molecule has 2 aromatic rings. The molecule has 164 valence electrons. The number of carbonyl (C=O) groups is 2. The lowest BCUT2D eigenvalue weighted by atomic mass is 10.0. The van der Waals surface area contributed by atoms with Crippen LogP contribution in [0.5, 0.6) is 0 Å². The maximum Gasteiger partial charge on any atom is 0.352 e. The Balaban J connectivity index is 1.39. The van der Waals surface area contributed by atoms with Crippen molar-refractivity contribution in [1.82, 2.24) is 35.4 Å². The maximum atomic E-state index is 12.8. The Labute approximate surface area is 194 Å². The van der Waals surface area contributed by atoms with Gasteiger partial charge in [0.05, 0.1) is 10.7 Å². The molecule has 0 bridgehead atoms. The summed E-state index contributed by atoms with van der Waals surface area (Å²) in [6.45, 7) is 0. The number of hydrogen-bond acceptors (Lipinski definition) is 11. The molecule has 0 spiro atoms. The highest BCUT2D eigenvalue weighted by atomic mass is 32.2. The van der Waals surface area contributed by atoms with E-state index < -0.39 is 12.0 Å². The average molecular weight is 499 g/mol. The van der Waals surface area contributed by atoms with Crippen molar-refractivity contribution >= 4 is 69.1 Å². The second kappa shape index (κ2) is 9.10. The number of nitrogens with zero attached hydrogens (tertiary/aromatic N) is 6. The number of carbonyl (C=O) groups excluding carboxylic acids is 1. The molecule has 11 nitrogen and oxygen atoms in total. The Kier molecular flexibility index (Phi) is 6.45. The number of aliphatic carboxylic acids is 1. The van der Waals surface area contributed by atoms with Crippen LogP contribution in [-0.2, 0) is 23.1 Å². The first kappa shape index (κ1) is 22.0. The molecule has 2 aromatic heterocycles. The molecule has 0 radical (unpaired) electrons. The fraction of sp³-hybridized carbons (Fsp3) is 0.438. The number of thioether (sulfide) groups is 2. The summed E-state index contributed by atoms with van der Waals surface area (Å²) in [6.07, 6.45) is 1.16. The molecule has 0 aliphatic carbocycles. The summed E-state index contributed by atoms with van der Waals surface area (Å²) >= 11 is 9.61. The maximum absolute atomic E-state index is 12.8. The van der Waals surface area contributed by atoms with Crippen molar-refractivity contribution in [2.75, 3.05) is 17.2 Å². The summed E-state index contributed by atoms with van der Waals surface area (Å²) in [4.78, 5) is 30.8. The van der Waals surface area contributed by atoms with Gasteiger partial charge in [0.25, 0.3) is 5.91 Å². The number of tetrazole rings is 1. The molecule has 2 aliphatic heterocycles. The van der Waals surface area contributed by atoms with Crippen LogP contribution >= 0.6 is 47.1 Å². The van der Waals surface area contributed by atoms with Gasteiger partial charge in [-0.25, -0.2) is 14.5 Å². The molecule has 31 heavy (non-hydrogen) atoms. The first-order chi connectivity index (χ1) is 14.8. The number of thiazole rings is 1. The topological polar surface area (TPSA) is 152 Å². The molecule has 0 saturated carbocycles. The Morgan fingerprint density at radius 3 is 2.97 bits per heavy atom. The lowest BCUT2D eigenvalue weighted by molar-refractivity contribution is -0.148. The number of thiocarbonyl (C=S) groups is 1. The van der Waals surface area contributed by atoms with Gasteiger partial charge in [-0.1, -0.05) is 24.0 Å². The molecule has 2 aliphatic rings. The van der Waals surface area contributed by atoms with E-state index in [4.69, 9.17) is 18.0 Å². The van der Waals surface area contributed by atoms with Crippen molar-refractivity contribution in [2.24, 2.45) is 7.05 Å². The number of aromatic nitrogens is 5. The Hall–Kier alpha value is -2.23. The summed E-state index contributed by atoms with van der Waals surface area (Å²) in [5.41, 5.74) is 7.20. The van der Waals surface area contributed by atoms with Gasteiger partial charge in [0.15, 0.2) is 5.13 Å². The van der Waals surface area contributed by atoms with Crippen LogP contribution in [0.25, 0.3) is 0 Å². The van der Waals surface area contributed by atoms with Gasteiger partial charge in [0, 0.05) is 30.4 Å². The van der Waals surface area contributed by atoms with Gasteiger partial charge >= 0.3 is 5.97 Å². The highest BCUT2D eigenvalue weighted by Crippen LogP contribution is 2.41. The van der Waals surface area contributed by atoms with Gasteiger partial charge in [-0.2, -0.15) is 0 Å². The molecule has 15 heteroatoms. The van der Waals surface area contributed by atoms with Crippen molar-refractivity contribution in [3.05, 3.63) is 22.3 Å². The predicted molar refractivity (Wildman–Crippen MR) is 122 cm³/mol. The fourth-order valence-electron chi connectivity index (χ4n) is 3.21. The zero-order chi connectivity index (χ0) is 22.1. The first-order valence-corrected chi connectivity index (χ1v) is 12.4. The van der Waals surface area contributed by atoms with Gasteiger partial charge in [-0.05, 0) is 22.4 Å². The number of β-lactam (4-membered cyclic amide) rings is 1. The zero-order valence-electron chi connectivity index (χ0n) is 16.2. The van der Waals surface area contributed by atoms with E-state index in [9.17, 15) is 14.7 Å². The van der Waals surface area contributed by atoms with Crippen molar-refractivity contribution in [3.63, 3.8) is 0 Å². The van der Waals surface area contributed by atoms with Crippen LogP contribution < -0.4 is 11.1 Å². The molecule has 1 unspecified atom stereocenters. The van der Waals surface area contributed by atoms with Crippen molar-refractivity contribution in [1.29, 1.82) is 0 Å². The van der Waals surface area contributed by atoms with E-state index >= 15 is 0 Å². The number of carboxylic acid groups (broad SMARTS) is 1. The minimum atomic E-state index is -1.12. The van der Waals surface area contributed by atoms with Crippen molar-refractivity contribution in [2.45, 2.75) is 29.4 Å². The molecular weight excluding hydrogens is 480 g/mol. The number of carboxylic acids is 1. The smallest absolute Gasteiger partial charge is 0.352 e. The SMILES string of the molecule is Cn1nnnc1SCC1=C(C(=O)O)N2C(=O)C(NC(=S)CCc3csc(N)n3)[C@H]2SC1. The number of amides is 1. The van der Waals surface area contributed by atoms with Crippen LogP contribution in [0.1, 0.15) is 12.1 Å². The third-order valence-electron chi connectivity index (χ3n) is 4.70. The van der Waals surface area contributed by atoms with Gasteiger partial charge in [-0.3, -0.25) is 9.69 Å². The molecule has 4 heterocycles. The summed E-state index contributed by atoms with van der Waals surface area (Å²) < 4.78 is 1.51. The van der Waals surface area contributed by atoms with Gasteiger partial charge < -0.3 is 16.2 Å². The molecule has 0 aromatic carbocycles. The van der Waals surface area contributed by atoms with Crippen LogP contribution in [0, 0.1) is 0 Å². The fourth-order valence-corrected chi connectivity index (χ4v) is 6.38. The number of aryl methyl sites for hydroxylation is 2. The number of anilines is 1.